The number of ether oxygens (including phenoxy) is 1. The van der Waals surface area contributed by atoms with Gasteiger partial charge in [0.05, 0.1) is 12.7 Å². The Balaban J connectivity index is 1.37. The zero-order valence-electron chi connectivity index (χ0n) is 16.1. The highest BCUT2D eigenvalue weighted by Crippen LogP contribution is 2.28. The molecule has 2 heterocycles. The average molecular weight is 382 g/mol. The molecule has 0 radical (unpaired) electrons. The molecule has 0 saturated heterocycles. The minimum absolute atomic E-state index is 0.0504. The van der Waals surface area contributed by atoms with Crippen LogP contribution in [-0.4, -0.2) is 35.4 Å². The number of rotatable bonds is 7. The predicted octanol–water partition coefficient (Wildman–Crippen LogP) is 2.34. The van der Waals surface area contributed by atoms with Gasteiger partial charge in [-0.05, 0) is 49.3 Å². The number of nitrogens with one attached hydrogen (secondary N) is 2. The quantitative estimate of drug-likeness (QED) is 0.767. The Morgan fingerprint density at radius 1 is 1.11 bits per heavy atom. The van der Waals surface area contributed by atoms with Gasteiger partial charge in [-0.2, -0.15) is 0 Å². The topological polar surface area (TPSA) is 93.2 Å². The van der Waals surface area contributed by atoms with Gasteiger partial charge in [0.25, 0.3) is 5.91 Å². The maximum atomic E-state index is 12.4. The van der Waals surface area contributed by atoms with Crippen molar-refractivity contribution in [2.45, 2.75) is 32.2 Å². The fourth-order valence-electron chi connectivity index (χ4n) is 3.44. The van der Waals surface area contributed by atoms with Crippen molar-refractivity contribution in [1.29, 1.82) is 0 Å². The molecule has 28 heavy (non-hydrogen) atoms. The van der Waals surface area contributed by atoms with Crippen LogP contribution in [0, 0.1) is 11.8 Å². The van der Waals surface area contributed by atoms with Crippen LogP contribution in [0.4, 0.5) is 0 Å². The molecule has 1 aliphatic carbocycles. The normalized spacial score (nSPS) is 18.9. The number of pyridine rings is 2. The number of carbonyl (C=O) groups is 2. The second kappa shape index (κ2) is 9.82. The molecule has 7 heteroatoms. The maximum absolute atomic E-state index is 12.4. The number of hydrogen-bond donors (Lipinski definition) is 2. The second-order valence-electron chi connectivity index (χ2n) is 7.10. The molecule has 2 amide bonds. The highest BCUT2D eigenvalue weighted by atomic mass is 16.5. The molecule has 0 bridgehead atoms. The van der Waals surface area contributed by atoms with Crippen molar-refractivity contribution < 1.29 is 14.3 Å². The lowest BCUT2D eigenvalue weighted by Crippen LogP contribution is -2.36. The van der Waals surface area contributed by atoms with Gasteiger partial charge in [-0.15, -0.1) is 0 Å². The van der Waals surface area contributed by atoms with Crippen LogP contribution in [0.15, 0.2) is 42.9 Å². The Kier molecular flexibility index (Phi) is 6.94. The Bertz CT molecular complexity index is 772. The van der Waals surface area contributed by atoms with Crippen molar-refractivity contribution in [2.24, 2.45) is 11.8 Å². The fraction of sp³-hybridized carbons (Fsp3) is 0.429. The summed E-state index contributed by atoms with van der Waals surface area (Å²) >= 11 is 0. The number of nitrogens with zero attached hydrogens (tertiary/aromatic N) is 2. The molecule has 7 nitrogen and oxygen atoms in total. The monoisotopic (exact) mass is 382 g/mol. The molecule has 3 rings (SSSR count). The first-order valence-corrected chi connectivity index (χ1v) is 9.60. The summed E-state index contributed by atoms with van der Waals surface area (Å²) in [6.07, 6.45) is 8.57. The van der Waals surface area contributed by atoms with E-state index in [0.29, 0.717) is 30.5 Å². The minimum atomic E-state index is -0.133. The van der Waals surface area contributed by atoms with Gasteiger partial charge in [-0.25, -0.2) is 4.98 Å². The number of methoxy groups -OCH3 is 1. The van der Waals surface area contributed by atoms with E-state index in [4.69, 9.17) is 4.74 Å². The molecule has 1 aliphatic rings. The van der Waals surface area contributed by atoms with Gasteiger partial charge >= 0.3 is 0 Å². The average Bonchev–Trinajstić information content (AvgIpc) is 2.77. The van der Waals surface area contributed by atoms with E-state index in [9.17, 15) is 9.59 Å². The second-order valence-corrected chi connectivity index (χ2v) is 7.10. The molecular weight excluding hydrogens is 356 g/mol. The van der Waals surface area contributed by atoms with Crippen molar-refractivity contribution in [3.8, 4) is 5.88 Å². The molecule has 2 aromatic heterocycles. The summed E-state index contributed by atoms with van der Waals surface area (Å²) in [6.45, 7) is 1.13. The highest BCUT2D eigenvalue weighted by molar-refractivity contribution is 5.93. The number of hydrogen-bond acceptors (Lipinski definition) is 5. The predicted molar refractivity (Wildman–Crippen MR) is 105 cm³/mol. The Hall–Kier alpha value is -2.96. The van der Waals surface area contributed by atoms with Crippen LogP contribution in [0.3, 0.4) is 0 Å². The number of carbonyl (C=O) groups excluding carboxylic acids is 2. The SMILES string of the molecule is COc1ccc(C(=O)NCC2CCC(C(=O)NCc3cccnc3)CC2)cn1. The fourth-order valence-corrected chi connectivity index (χ4v) is 3.44. The van der Waals surface area contributed by atoms with Crippen LogP contribution in [0.25, 0.3) is 0 Å². The summed E-state index contributed by atoms with van der Waals surface area (Å²) in [6, 6.07) is 7.18. The van der Waals surface area contributed by atoms with E-state index in [1.807, 2.05) is 12.1 Å². The van der Waals surface area contributed by atoms with E-state index in [1.54, 1.807) is 24.5 Å². The van der Waals surface area contributed by atoms with Gasteiger partial charge in [-0.1, -0.05) is 6.07 Å². The zero-order valence-corrected chi connectivity index (χ0v) is 16.1. The Labute approximate surface area is 164 Å². The maximum Gasteiger partial charge on any atom is 0.252 e. The molecule has 0 aromatic carbocycles. The highest BCUT2D eigenvalue weighted by Gasteiger charge is 2.26. The zero-order chi connectivity index (χ0) is 19.8. The smallest absolute Gasteiger partial charge is 0.252 e. The van der Waals surface area contributed by atoms with E-state index in [-0.39, 0.29) is 17.7 Å². The number of amides is 2. The van der Waals surface area contributed by atoms with Crippen LogP contribution >= 0.6 is 0 Å². The van der Waals surface area contributed by atoms with E-state index in [1.165, 1.54) is 13.3 Å². The summed E-state index contributed by atoms with van der Waals surface area (Å²) in [5.41, 5.74) is 1.52. The van der Waals surface area contributed by atoms with E-state index in [2.05, 4.69) is 20.6 Å². The number of aromatic nitrogens is 2. The molecule has 1 fully saturated rings. The molecule has 1 saturated carbocycles. The van der Waals surface area contributed by atoms with Crippen molar-refractivity contribution >= 4 is 11.8 Å². The third-order valence-corrected chi connectivity index (χ3v) is 5.17. The van der Waals surface area contributed by atoms with Gasteiger partial charge < -0.3 is 15.4 Å². The summed E-state index contributed by atoms with van der Waals surface area (Å²) < 4.78 is 5.00. The summed E-state index contributed by atoms with van der Waals surface area (Å²) in [7, 11) is 1.54. The van der Waals surface area contributed by atoms with E-state index < -0.39 is 0 Å². The van der Waals surface area contributed by atoms with Gasteiger partial charge in [-0.3, -0.25) is 14.6 Å². The molecular formula is C21H26N4O3. The molecule has 2 N–H and O–H groups in total. The van der Waals surface area contributed by atoms with Gasteiger partial charge in [0, 0.05) is 43.7 Å². The molecule has 0 atom stereocenters. The lowest BCUT2D eigenvalue weighted by Gasteiger charge is -2.28. The molecule has 0 unspecified atom stereocenters. The molecule has 0 aliphatic heterocycles. The lowest BCUT2D eigenvalue weighted by molar-refractivity contribution is -0.126. The lowest BCUT2D eigenvalue weighted by atomic mass is 9.81. The van der Waals surface area contributed by atoms with Gasteiger partial charge in [0.15, 0.2) is 0 Å². The van der Waals surface area contributed by atoms with Crippen molar-refractivity contribution in [2.75, 3.05) is 13.7 Å². The third-order valence-electron chi connectivity index (χ3n) is 5.17. The van der Waals surface area contributed by atoms with Gasteiger partial charge in [0.1, 0.15) is 0 Å². The first-order valence-electron chi connectivity index (χ1n) is 9.60. The van der Waals surface area contributed by atoms with Crippen molar-refractivity contribution in [1.82, 2.24) is 20.6 Å². The largest absolute Gasteiger partial charge is 0.481 e. The van der Waals surface area contributed by atoms with Crippen LogP contribution in [0.1, 0.15) is 41.6 Å². The molecule has 2 aromatic rings. The van der Waals surface area contributed by atoms with E-state index in [0.717, 1.165) is 31.2 Å². The standard InChI is InChI=1S/C21H26N4O3/c1-28-19-9-8-18(14-23-19)21(27)24-12-15-4-6-17(7-5-15)20(26)25-13-16-3-2-10-22-11-16/h2-3,8-11,14-15,17H,4-7,12-13H2,1H3,(H,24,27)(H,25,26). The van der Waals surface area contributed by atoms with E-state index >= 15 is 0 Å². The summed E-state index contributed by atoms with van der Waals surface area (Å²) in [5.74, 6) is 0.908. The first kappa shape index (κ1) is 19.8. The van der Waals surface area contributed by atoms with Crippen LogP contribution in [-0.2, 0) is 11.3 Å². The Morgan fingerprint density at radius 3 is 2.57 bits per heavy atom. The summed E-state index contributed by atoms with van der Waals surface area (Å²) in [4.78, 5) is 32.7. The molecule has 0 spiro atoms. The van der Waals surface area contributed by atoms with Crippen LogP contribution in [0.5, 0.6) is 5.88 Å². The third kappa shape index (κ3) is 5.52. The van der Waals surface area contributed by atoms with Crippen LogP contribution < -0.4 is 15.4 Å². The van der Waals surface area contributed by atoms with Crippen molar-refractivity contribution in [3.63, 3.8) is 0 Å². The van der Waals surface area contributed by atoms with Crippen molar-refractivity contribution in [3.05, 3.63) is 54.0 Å². The Morgan fingerprint density at radius 2 is 1.93 bits per heavy atom. The van der Waals surface area contributed by atoms with Gasteiger partial charge in [0.2, 0.25) is 11.8 Å². The van der Waals surface area contributed by atoms with Crippen LogP contribution in [0.2, 0.25) is 0 Å². The minimum Gasteiger partial charge on any atom is -0.481 e. The first-order chi connectivity index (χ1) is 13.7. The summed E-state index contributed by atoms with van der Waals surface area (Å²) in [5, 5.41) is 5.97. The molecule has 148 valence electrons.